The molecule has 0 bridgehead atoms. The van der Waals surface area contributed by atoms with E-state index in [1.807, 2.05) is 41.3 Å². The molecule has 154 valence electrons. The van der Waals surface area contributed by atoms with Gasteiger partial charge >= 0.3 is 0 Å². The minimum Gasteiger partial charge on any atom is -0.484 e. The van der Waals surface area contributed by atoms with Gasteiger partial charge in [-0.3, -0.25) is 9.59 Å². The maximum atomic E-state index is 12.5. The van der Waals surface area contributed by atoms with Gasteiger partial charge in [-0.25, -0.2) is 0 Å². The van der Waals surface area contributed by atoms with Crippen LogP contribution in [-0.2, 0) is 10.2 Å². The summed E-state index contributed by atoms with van der Waals surface area (Å²) in [6.45, 7) is 11.0. The van der Waals surface area contributed by atoms with Crippen molar-refractivity contribution in [1.82, 2.24) is 4.90 Å². The molecule has 0 N–H and O–H groups in total. The third kappa shape index (κ3) is 5.37. The molecule has 0 unspecified atom stereocenters. The van der Waals surface area contributed by atoms with E-state index in [1.165, 1.54) is 5.56 Å². The summed E-state index contributed by atoms with van der Waals surface area (Å²) in [7, 11) is 0. The fraction of sp³-hybridized carbons (Fsp3) is 0.417. The first-order valence-corrected chi connectivity index (χ1v) is 10.1. The molecule has 1 saturated heterocycles. The monoisotopic (exact) mass is 394 g/mol. The summed E-state index contributed by atoms with van der Waals surface area (Å²) in [6.07, 6.45) is 0. The van der Waals surface area contributed by atoms with Gasteiger partial charge in [0, 0.05) is 37.4 Å². The van der Waals surface area contributed by atoms with Crippen LogP contribution in [0.15, 0.2) is 48.5 Å². The Morgan fingerprint density at radius 2 is 1.48 bits per heavy atom. The van der Waals surface area contributed by atoms with Gasteiger partial charge in [0.1, 0.15) is 5.75 Å². The van der Waals surface area contributed by atoms with Gasteiger partial charge in [0.05, 0.1) is 0 Å². The highest BCUT2D eigenvalue weighted by atomic mass is 16.5. The first-order chi connectivity index (χ1) is 13.7. The number of benzene rings is 2. The fourth-order valence-electron chi connectivity index (χ4n) is 3.41. The summed E-state index contributed by atoms with van der Waals surface area (Å²) in [5, 5.41) is 0. The standard InChI is InChI=1S/C24H30N2O3/c1-18(27)19-5-9-21(10-6-19)25-13-15-26(16-14-25)23(28)17-29-22-11-7-20(8-12-22)24(2,3)4/h5-12H,13-17H2,1-4H3. The van der Waals surface area contributed by atoms with E-state index in [-0.39, 0.29) is 23.7 Å². The average Bonchev–Trinajstić information content (AvgIpc) is 2.72. The molecule has 5 nitrogen and oxygen atoms in total. The Balaban J connectivity index is 1.48. The van der Waals surface area contributed by atoms with Gasteiger partial charge in [0.25, 0.3) is 5.91 Å². The van der Waals surface area contributed by atoms with Crippen molar-refractivity contribution < 1.29 is 14.3 Å². The van der Waals surface area contributed by atoms with Crippen LogP contribution in [0.4, 0.5) is 5.69 Å². The number of carbonyl (C=O) groups excluding carboxylic acids is 2. The lowest BCUT2D eigenvalue weighted by molar-refractivity contribution is -0.133. The zero-order valence-corrected chi connectivity index (χ0v) is 17.8. The molecule has 0 aromatic heterocycles. The topological polar surface area (TPSA) is 49.9 Å². The Morgan fingerprint density at radius 3 is 2.00 bits per heavy atom. The summed E-state index contributed by atoms with van der Waals surface area (Å²) in [6, 6.07) is 15.6. The van der Waals surface area contributed by atoms with Gasteiger partial charge in [-0.2, -0.15) is 0 Å². The van der Waals surface area contributed by atoms with Crippen molar-refractivity contribution in [2.45, 2.75) is 33.1 Å². The maximum absolute atomic E-state index is 12.5. The number of nitrogens with zero attached hydrogens (tertiary/aromatic N) is 2. The van der Waals surface area contributed by atoms with Crippen LogP contribution in [0, 0.1) is 0 Å². The van der Waals surface area contributed by atoms with Crippen LogP contribution in [0.2, 0.25) is 0 Å². The fourth-order valence-corrected chi connectivity index (χ4v) is 3.41. The van der Waals surface area contributed by atoms with E-state index in [1.54, 1.807) is 6.92 Å². The molecule has 1 fully saturated rings. The molecule has 0 atom stereocenters. The van der Waals surface area contributed by atoms with Crippen LogP contribution in [0.3, 0.4) is 0 Å². The third-order valence-electron chi connectivity index (χ3n) is 5.35. The molecule has 29 heavy (non-hydrogen) atoms. The number of rotatable bonds is 5. The van der Waals surface area contributed by atoms with Crippen LogP contribution >= 0.6 is 0 Å². The second kappa shape index (κ2) is 8.68. The number of piperazine rings is 1. The van der Waals surface area contributed by atoms with Gasteiger partial charge in [0.15, 0.2) is 12.4 Å². The SMILES string of the molecule is CC(=O)c1ccc(N2CCN(C(=O)COc3ccc(C(C)(C)C)cc3)CC2)cc1. The van der Waals surface area contributed by atoms with Gasteiger partial charge in [-0.05, 0) is 54.3 Å². The lowest BCUT2D eigenvalue weighted by Gasteiger charge is -2.36. The van der Waals surface area contributed by atoms with Crippen molar-refractivity contribution in [3.63, 3.8) is 0 Å². The predicted molar refractivity (Wildman–Crippen MR) is 116 cm³/mol. The highest BCUT2D eigenvalue weighted by Gasteiger charge is 2.22. The number of ketones is 1. The third-order valence-corrected chi connectivity index (χ3v) is 5.35. The van der Waals surface area contributed by atoms with Crippen molar-refractivity contribution in [1.29, 1.82) is 0 Å². The van der Waals surface area contributed by atoms with Crippen LogP contribution in [0.1, 0.15) is 43.6 Å². The number of hydrogen-bond donors (Lipinski definition) is 0. The average molecular weight is 395 g/mol. The van der Waals surface area contributed by atoms with Crippen molar-refractivity contribution in [3.05, 3.63) is 59.7 Å². The molecule has 0 saturated carbocycles. The zero-order chi connectivity index (χ0) is 21.0. The van der Waals surface area contributed by atoms with Gasteiger partial charge in [-0.1, -0.05) is 32.9 Å². The molecule has 1 aliphatic rings. The Morgan fingerprint density at radius 1 is 0.897 bits per heavy atom. The molecule has 1 aliphatic heterocycles. The number of hydrogen-bond acceptors (Lipinski definition) is 4. The van der Waals surface area contributed by atoms with Crippen molar-refractivity contribution in [3.8, 4) is 5.75 Å². The number of carbonyl (C=O) groups is 2. The lowest BCUT2D eigenvalue weighted by atomic mass is 9.87. The summed E-state index contributed by atoms with van der Waals surface area (Å²) >= 11 is 0. The first-order valence-electron chi connectivity index (χ1n) is 10.1. The summed E-state index contributed by atoms with van der Waals surface area (Å²) in [5.74, 6) is 0.798. The second-order valence-electron chi connectivity index (χ2n) is 8.53. The maximum Gasteiger partial charge on any atom is 0.260 e. The lowest BCUT2D eigenvalue weighted by Crippen LogP contribution is -2.50. The number of anilines is 1. The van der Waals surface area contributed by atoms with E-state index in [9.17, 15) is 9.59 Å². The summed E-state index contributed by atoms with van der Waals surface area (Å²) in [5.41, 5.74) is 3.14. The molecule has 5 heteroatoms. The van der Waals surface area contributed by atoms with E-state index < -0.39 is 0 Å². The molecule has 2 aromatic carbocycles. The highest BCUT2D eigenvalue weighted by molar-refractivity contribution is 5.94. The summed E-state index contributed by atoms with van der Waals surface area (Å²) in [4.78, 5) is 28.0. The molecule has 0 spiro atoms. The Hall–Kier alpha value is -2.82. The van der Waals surface area contributed by atoms with E-state index in [4.69, 9.17) is 4.74 Å². The molecule has 0 aliphatic carbocycles. The van der Waals surface area contributed by atoms with E-state index in [0.29, 0.717) is 13.1 Å². The second-order valence-corrected chi connectivity index (χ2v) is 8.53. The van der Waals surface area contributed by atoms with E-state index in [0.717, 1.165) is 30.1 Å². The highest BCUT2D eigenvalue weighted by Crippen LogP contribution is 2.24. The minimum absolute atomic E-state index is 0.0106. The molecule has 0 radical (unpaired) electrons. The normalized spacial score (nSPS) is 14.6. The molecular formula is C24H30N2O3. The van der Waals surface area contributed by atoms with Gasteiger partial charge < -0.3 is 14.5 Å². The first kappa shape index (κ1) is 20.9. The Kier molecular flexibility index (Phi) is 6.26. The largest absolute Gasteiger partial charge is 0.484 e. The van der Waals surface area contributed by atoms with Crippen LogP contribution in [0.5, 0.6) is 5.75 Å². The van der Waals surface area contributed by atoms with Crippen molar-refractivity contribution in [2.75, 3.05) is 37.7 Å². The van der Waals surface area contributed by atoms with E-state index in [2.05, 4.69) is 37.8 Å². The molecule has 2 aromatic rings. The van der Waals surface area contributed by atoms with Gasteiger partial charge in [0.2, 0.25) is 0 Å². The molecule has 1 amide bonds. The van der Waals surface area contributed by atoms with Crippen LogP contribution in [-0.4, -0.2) is 49.4 Å². The van der Waals surface area contributed by atoms with Crippen molar-refractivity contribution in [2.24, 2.45) is 0 Å². The minimum atomic E-state index is 0.0106. The molecular weight excluding hydrogens is 364 g/mol. The Labute approximate surface area is 173 Å². The van der Waals surface area contributed by atoms with Crippen LogP contribution < -0.4 is 9.64 Å². The zero-order valence-electron chi connectivity index (χ0n) is 17.8. The number of amides is 1. The number of ether oxygens (including phenoxy) is 1. The molecule has 1 heterocycles. The van der Waals surface area contributed by atoms with Crippen molar-refractivity contribution >= 4 is 17.4 Å². The number of Topliss-reactive ketones (excluding diaryl/α,β-unsaturated/α-hetero) is 1. The van der Waals surface area contributed by atoms with E-state index >= 15 is 0 Å². The quantitative estimate of drug-likeness (QED) is 0.722. The summed E-state index contributed by atoms with van der Waals surface area (Å²) < 4.78 is 5.70. The predicted octanol–water partition coefficient (Wildman–Crippen LogP) is 3.91. The van der Waals surface area contributed by atoms with Crippen LogP contribution in [0.25, 0.3) is 0 Å². The Bertz CT molecular complexity index is 843. The van der Waals surface area contributed by atoms with Gasteiger partial charge in [-0.15, -0.1) is 0 Å². The smallest absolute Gasteiger partial charge is 0.260 e. The molecule has 3 rings (SSSR count).